The van der Waals surface area contributed by atoms with Gasteiger partial charge in [0.25, 0.3) is 0 Å². The molecule has 0 spiro atoms. The van der Waals surface area contributed by atoms with Crippen LogP contribution in [0.1, 0.15) is 37.8 Å². The normalized spacial score (nSPS) is 12.2. The standard InChI is InChI=1S/C19H18S2/c1-4-12-5-7-14-16(9-12)20-19-15-8-6-13(11(2)3)10-17(15)21-18(14)19/h5-11H,4H2,1-3H3. The lowest BCUT2D eigenvalue weighted by Gasteiger charge is -2.04. The molecule has 2 heteroatoms. The van der Waals surface area contributed by atoms with Crippen molar-refractivity contribution in [3.63, 3.8) is 0 Å². The lowest BCUT2D eigenvalue weighted by atomic mass is 10.0. The van der Waals surface area contributed by atoms with Gasteiger partial charge in [0.1, 0.15) is 0 Å². The molecule has 4 aromatic rings. The summed E-state index contributed by atoms with van der Waals surface area (Å²) >= 11 is 3.91. The molecule has 0 unspecified atom stereocenters. The van der Waals surface area contributed by atoms with Crippen LogP contribution < -0.4 is 0 Å². The fraction of sp³-hybridized carbons (Fsp3) is 0.263. The van der Waals surface area contributed by atoms with Gasteiger partial charge < -0.3 is 0 Å². The fourth-order valence-electron chi connectivity index (χ4n) is 2.90. The number of fused-ring (bicyclic) bond motifs is 5. The number of rotatable bonds is 2. The van der Waals surface area contributed by atoms with E-state index < -0.39 is 0 Å². The molecule has 0 amide bonds. The van der Waals surface area contributed by atoms with Crippen molar-refractivity contribution in [2.45, 2.75) is 33.1 Å². The molecule has 0 fully saturated rings. The highest BCUT2D eigenvalue weighted by Crippen LogP contribution is 2.44. The average molecular weight is 310 g/mol. The van der Waals surface area contributed by atoms with Gasteiger partial charge in [0, 0.05) is 20.2 Å². The smallest absolute Gasteiger partial charge is 0.0542 e. The molecule has 2 aromatic carbocycles. The second-order valence-corrected chi connectivity index (χ2v) is 8.06. The summed E-state index contributed by atoms with van der Waals surface area (Å²) in [6.45, 7) is 6.75. The van der Waals surface area contributed by atoms with Crippen LogP contribution in [0.2, 0.25) is 0 Å². The first-order valence-corrected chi connectivity index (χ1v) is 9.18. The average Bonchev–Trinajstić information content (AvgIpc) is 3.01. The molecule has 0 atom stereocenters. The molecule has 0 radical (unpaired) electrons. The van der Waals surface area contributed by atoms with E-state index in [1.54, 1.807) is 0 Å². The van der Waals surface area contributed by atoms with Gasteiger partial charge in [-0.2, -0.15) is 0 Å². The Balaban J connectivity index is 2.04. The van der Waals surface area contributed by atoms with Gasteiger partial charge in [0.05, 0.1) is 9.40 Å². The lowest BCUT2D eigenvalue weighted by Crippen LogP contribution is -1.84. The molecular weight excluding hydrogens is 292 g/mol. The van der Waals surface area contributed by atoms with Crippen LogP contribution in [-0.2, 0) is 6.42 Å². The summed E-state index contributed by atoms with van der Waals surface area (Å²) in [5.74, 6) is 0.596. The lowest BCUT2D eigenvalue weighted by molar-refractivity contribution is 0.869. The van der Waals surface area contributed by atoms with Crippen molar-refractivity contribution in [3.05, 3.63) is 47.5 Å². The molecule has 4 rings (SSSR count). The summed E-state index contributed by atoms with van der Waals surface area (Å²) in [4.78, 5) is 0. The van der Waals surface area contributed by atoms with Crippen LogP contribution in [0.15, 0.2) is 36.4 Å². The first-order valence-electron chi connectivity index (χ1n) is 7.55. The van der Waals surface area contributed by atoms with E-state index >= 15 is 0 Å². The van der Waals surface area contributed by atoms with Gasteiger partial charge >= 0.3 is 0 Å². The zero-order valence-corrected chi connectivity index (χ0v) is 14.2. The Labute approximate surface area is 133 Å². The van der Waals surface area contributed by atoms with Crippen molar-refractivity contribution >= 4 is 52.2 Å². The summed E-state index contributed by atoms with van der Waals surface area (Å²) in [7, 11) is 0. The van der Waals surface area contributed by atoms with Gasteiger partial charge in [-0.1, -0.05) is 45.0 Å². The van der Waals surface area contributed by atoms with Gasteiger partial charge in [-0.15, -0.1) is 22.7 Å². The number of thiophene rings is 2. The maximum Gasteiger partial charge on any atom is 0.0542 e. The first-order chi connectivity index (χ1) is 10.2. The highest BCUT2D eigenvalue weighted by atomic mass is 32.1. The number of hydrogen-bond donors (Lipinski definition) is 0. The molecule has 0 aliphatic carbocycles. The van der Waals surface area contributed by atoms with Crippen molar-refractivity contribution in [2.75, 3.05) is 0 Å². The molecule has 2 heterocycles. The second-order valence-electron chi connectivity index (χ2n) is 5.96. The molecule has 0 aliphatic rings. The van der Waals surface area contributed by atoms with Crippen LogP contribution in [0.25, 0.3) is 29.6 Å². The van der Waals surface area contributed by atoms with E-state index in [-0.39, 0.29) is 0 Å². The maximum absolute atomic E-state index is 2.38. The van der Waals surface area contributed by atoms with Crippen LogP contribution in [0.3, 0.4) is 0 Å². The minimum absolute atomic E-state index is 0.596. The Hall–Kier alpha value is -1.38. The van der Waals surface area contributed by atoms with Crippen LogP contribution in [0.5, 0.6) is 0 Å². The molecular formula is C19H18S2. The minimum atomic E-state index is 0.596. The topological polar surface area (TPSA) is 0 Å². The van der Waals surface area contributed by atoms with Crippen LogP contribution in [0, 0.1) is 0 Å². The largest absolute Gasteiger partial charge is 0.134 e. The van der Waals surface area contributed by atoms with Crippen molar-refractivity contribution in [1.29, 1.82) is 0 Å². The Morgan fingerprint density at radius 3 is 2.10 bits per heavy atom. The van der Waals surface area contributed by atoms with Crippen LogP contribution in [0.4, 0.5) is 0 Å². The van der Waals surface area contributed by atoms with Crippen molar-refractivity contribution in [3.8, 4) is 0 Å². The molecule has 106 valence electrons. The SMILES string of the molecule is CCc1ccc2c(c1)sc1c3ccc(C(C)C)cc3sc21. The van der Waals surface area contributed by atoms with Crippen molar-refractivity contribution in [2.24, 2.45) is 0 Å². The zero-order valence-electron chi connectivity index (χ0n) is 12.6. The highest BCUT2D eigenvalue weighted by molar-refractivity contribution is 7.36. The fourth-order valence-corrected chi connectivity index (χ4v) is 5.66. The molecule has 0 aliphatic heterocycles. The van der Waals surface area contributed by atoms with Gasteiger partial charge in [-0.3, -0.25) is 0 Å². The van der Waals surface area contributed by atoms with E-state index in [9.17, 15) is 0 Å². The second kappa shape index (κ2) is 4.82. The van der Waals surface area contributed by atoms with E-state index in [0.29, 0.717) is 5.92 Å². The third kappa shape index (κ3) is 2.01. The van der Waals surface area contributed by atoms with E-state index in [4.69, 9.17) is 0 Å². The quantitative estimate of drug-likeness (QED) is 0.375. The molecule has 0 saturated heterocycles. The van der Waals surface area contributed by atoms with Crippen molar-refractivity contribution < 1.29 is 0 Å². The predicted octanol–water partition coefficient (Wildman–Crippen LogP) is 6.96. The zero-order chi connectivity index (χ0) is 14.6. The molecule has 0 nitrogen and oxygen atoms in total. The minimum Gasteiger partial charge on any atom is -0.134 e. The number of hydrogen-bond acceptors (Lipinski definition) is 2. The van der Waals surface area contributed by atoms with E-state index in [0.717, 1.165) is 6.42 Å². The van der Waals surface area contributed by atoms with Crippen LogP contribution >= 0.6 is 22.7 Å². The van der Waals surface area contributed by atoms with Crippen molar-refractivity contribution in [1.82, 2.24) is 0 Å². The van der Waals surface area contributed by atoms with Crippen LogP contribution in [-0.4, -0.2) is 0 Å². The third-order valence-corrected chi connectivity index (χ3v) is 6.75. The van der Waals surface area contributed by atoms with E-state index in [1.807, 2.05) is 22.7 Å². The maximum atomic E-state index is 2.38. The number of aryl methyl sites for hydroxylation is 1. The first kappa shape index (κ1) is 13.3. The molecule has 0 N–H and O–H groups in total. The molecule has 2 aromatic heterocycles. The Bertz CT molecular complexity index is 954. The summed E-state index contributed by atoms with van der Waals surface area (Å²) in [5, 5.41) is 2.86. The molecule has 21 heavy (non-hydrogen) atoms. The predicted molar refractivity (Wildman–Crippen MR) is 98.2 cm³/mol. The Morgan fingerprint density at radius 2 is 1.48 bits per heavy atom. The summed E-state index contributed by atoms with van der Waals surface area (Å²) < 4.78 is 5.80. The van der Waals surface area contributed by atoms with Gasteiger partial charge in [-0.05, 0) is 35.6 Å². The van der Waals surface area contributed by atoms with Gasteiger partial charge in [0.2, 0.25) is 0 Å². The third-order valence-electron chi connectivity index (χ3n) is 4.25. The Kier molecular flexibility index (Phi) is 3.05. The Morgan fingerprint density at radius 1 is 0.857 bits per heavy atom. The monoisotopic (exact) mass is 310 g/mol. The summed E-state index contributed by atoms with van der Waals surface area (Å²) in [6.07, 6.45) is 1.11. The summed E-state index contributed by atoms with van der Waals surface area (Å²) in [5.41, 5.74) is 2.87. The van der Waals surface area contributed by atoms with E-state index in [1.165, 1.54) is 40.7 Å². The molecule has 0 bridgehead atoms. The van der Waals surface area contributed by atoms with Gasteiger partial charge in [-0.25, -0.2) is 0 Å². The highest BCUT2D eigenvalue weighted by Gasteiger charge is 2.13. The van der Waals surface area contributed by atoms with Gasteiger partial charge in [0.15, 0.2) is 0 Å². The molecule has 0 saturated carbocycles. The summed E-state index contributed by atoms with van der Waals surface area (Å²) in [6, 6.07) is 13.9. The van der Waals surface area contributed by atoms with E-state index in [2.05, 4.69) is 57.2 Å². The number of benzene rings is 2.